The van der Waals surface area contributed by atoms with Gasteiger partial charge < -0.3 is 15.2 Å². The Bertz CT molecular complexity index is 441. The number of thiophene rings is 1. The number of rotatable bonds is 6. The maximum atomic E-state index is 11.5. The number of carboxylic acid groups (broad SMARTS) is 1. The van der Waals surface area contributed by atoms with Crippen molar-refractivity contribution >= 4 is 23.2 Å². The summed E-state index contributed by atoms with van der Waals surface area (Å²) in [4.78, 5) is 23.6. The molecule has 0 aliphatic carbocycles. The van der Waals surface area contributed by atoms with E-state index in [4.69, 9.17) is 9.84 Å². The van der Waals surface area contributed by atoms with Crippen LogP contribution in [0.5, 0.6) is 5.75 Å². The van der Waals surface area contributed by atoms with E-state index in [-0.39, 0.29) is 16.5 Å². The molecule has 5 nitrogen and oxygen atoms in total. The normalized spacial score (nSPS) is 11.9. The van der Waals surface area contributed by atoms with Crippen LogP contribution in [-0.4, -0.2) is 29.6 Å². The SMILES string of the molecule is CCNC(=O)C(C)Oc1cc(CC)sc1C(=O)O. The van der Waals surface area contributed by atoms with Crippen LogP contribution in [0, 0.1) is 0 Å². The molecule has 0 radical (unpaired) electrons. The number of nitrogens with one attached hydrogen (secondary N) is 1. The highest BCUT2D eigenvalue weighted by Crippen LogP contribution is 2.30. The second-order valence-corrected chi connectivity index (χ2v) is 4.86. The number of amides is 1. The number of aryl methyl sites for hydroxylation is 1. The van der Waals surface area contributed by atoms with E-state index in [2.05, 4.69) is 5.32 Å². The first-order chi connectivity index (χ1) is 8.49. The van der Waals surface area contributed by atoms with Crippen molar-refractivity contribution in [3.8, 4) is 5.75 Å². The summed E-state index contributed by atoms with van der Waals surface area (Å²) in [6.07, 6.45) is 0.0338. The molecular weight excluding hydrogens is 254 g/mol. The molecule has 6 heteroatoms. The standard InChI is InChI=1S/C12H17NO4S/c1-4-8-6-9(10(18-8)12(15)16)17-7(3)11(14)13-5-2/h6-7H,4-5H2,1-3H3,(H,13,14)(H,15,16). The number of carbonyl (C=O) groups excluding carboxylic acids is 1. The van der Waals surface area contributed by atoms with Crippen molar-refractivity contribution in [2.45, 2.75) is 33.3 Å². The molecule has 1 atom stereocenters. The fourth-order valence-corrected chi connectivity index (χ4v) is 2.26. The molecular formula is C12H17NO4S. The zero-order chi connectivity index (χ0) is 13.7. The van der Waals surface area contributed by atoms with E-state index in [1.807, 2.05) is 13.8 Å². The molecule has 1 unspecified atom stereocenters. The molecule has 100 valence electrons. The number of likely N-dealkylation sites (N-methyl/N-ethyl adjacent to an activating group) is 1. The number of carboxylic acids is 1. The van der Waals surface area contributed by atoms with E-state index in [9.17, 15) is 9.59 Å². The summed E-state index contributed by atoms with van der Waals surface area (Å²) >= 11 is 1.18. The van der Waals surface area contributed by atoms with Gasteiger partial charge in [0.15, 0.2) is 11.0 Å². The highest BCUT2D eigenvalue weighted by Gasteiger charge is 2.21. The summed E-state index contributed by atoms with van der Waals surface area (Å²) in [6.45, 7) is 5.86. The number of hydrogen-bond acceptors (Lipinski definition) is 4. The van der Waals surface area contributed by atoms with Crippen molar-refractivity contribution < 1.29 is 19.4 Å². The number of hydrogen-bond donors (Lipinski definition) is 2. The maximum absolute atomic E-state index is 11.5. The molecule has 0 bridgehead atoms. The van der Waals surface area contributed by atoms with Crippen molar-refractivity contribution in [1.82, 2.24) is 5.32 Å². The van der Waals surface area contributed by atoms with Gasteiger partial charge in [-0.1, -0.05) is 6.92 Å². The Morgan fingerprint density at radius 1 is 1.50 bits per heavy atom. The molecule has 1 amide bonds. The third-order valence-corrected chi connectivity index (χ3v) is 3.56. The van der Waals surface area contributed by atoms with Crippen LogP contribution in [0.15, 0.2) is 6.07 Å². The van der Waals surface area contributed by atoms with Crippen LogP contribution in [0.4, 0.5) is 0 Å². The largest absolute Gasteiger partial charge is 0.479 e. The molecule has 0 fully saturated rings. The first-order valence-corrected chi connectivity index (χ1v) is 6.61. The summed E-state index contributed by atoms with van der Waals surface area (Å²) < 4.78 is 5.42. The van der Waals surface area contributed by atoms with Crippen LogP contribution in [0.3, 0.4) is 0 Å². The van der Waals surface area contributed by atoms with Gasteiger partial charge in [-0.15, -0.1) is 11.3 Å². The third-order valence-electron chi connectivity index (χ3n) is 2.32. The predicted octanol–water partition coefficient (Wildman–Crippen LogP) is 1.91. The fourth-order valence-electron chi connectivity index (χ4n) is 1.40. The average Bonchev–Trinajstić information content (AvgIpc) is 2.72. The van der Waals surface area contributed by atoms with Gasteiger partial charge in [-0.05, 0) is 26.3 Å². The van der Waals surface area contributed by atoms with Crippen LogP contribution >= 0.6 is 11.3 Å². The van der Waals surface area contributed by atoms with E-state index in [0.717, 1.165) is 11.3 Å². The Morgan fingerprint density at radius 3 is 2.67 bits per heavy atom. The monoisotopic (exact) mass is 271 g/mol. The van der Waals surface area contributed by atoms with E-state index in [0.29, 0.717) is 6.54 Å². The van der Waals surface area contributed by atoms with Crippen molar-refractivity contribution in [3.63, 3.8) is 0 Å². The molecule has 0 aromatic carbocycles. The van der Waals surface area contributed by atoms with Crippen molar-refractivity contribution in [1.29, 1.82) is 0 Å². The van der Waals surface area contributed by atoms with Gasteiger partial charge in [-0.2, -0.15) is 0 Å². The van der Waals surface area contributed by atoms with E-state index < -0.39 is 12.1 Å². The van der Waals surface area contributed by atoms with Crippen molar-refractivity contribution in [2.75, 3.05) is 6.54 Å². The van der Waals surface area contributed by atoms with Gasteiger partial charge >= 0.3 is 5.97 Å². The molecule has 0 spiro atoms. The Hall–Kier alpha value is -1.56. The first-order valence-electron chi connectivity index (χ1n) is 5.79. The highest BCUT2D eigenvalue weighted by molar-refractivity contribution is 7.14. The molecule has 0 saturated carbocycles. The van der Waals surface area contributed by atoms with Crippen LogP contribution in [-0.2, 0) is 11.2 Å². The van der Waals surface area contributed by atoms with Gasteiger partial charge in [0.25, 0.3) is 5.91 Å². The zero-order valence-electron chi connectivity index (χ0n) is 10.6. The minimum atomic E-state index is -1.03. The molecule has 1 heterocycles. The topological polar surface area (TPSA) is 75.6 Å². The van der Waals surface area contributed by atoms with Crippen LogP contribution in [0.25, 0.3) is 0 Å². The van der Waals surface area contributed by atoms with Gasteiger partial charge in [0.2, 0.25) is 0 Å². The van der Waals surface area contributed by atoms with Crippen LogP contribution in [0.2, 0.25) is 0 Å². The average molecular weight is 271 g/mol. The van der Waals surface area contributed by atoms with E-state index in [1.165, 1.54) is 11.3 Å². The summed E-state index contributed by atoms with van der Waals surface area (Å²) in [5.74, 6) is -1.01. The molecule has 0 aliphatic heterocycles. The lowest BCUT2D eigenvalue weighted by Gasteiger charge is -2.13. The Labute approximate surface area is 110 Å². The van der Waals surface area contributed by atoms with E-state index >= 15 is 0 Å². The number of ether oxygens (including phenoxy) is 1. The molecule has 0 aliphatic rings. The second-order valence-electron chi connectivity index (χ2n) is 3.72. The van der Waals surface area contributed by atoms with Gasteiger partial charge in [0, 0.05) is 11.4 Å². The zero-order valence-corrected chi connectivity index (χ0v) is 11.5. The quantitative estimate of drug-likeness (QED) is 0.828. The Kier molecular flexibility index (Phi) is 5.15. The van der Waals surface area contributed by atoms with Crippen LogP contribution < -0.4 is 10.1 Å². The third kappa shape index (κ3) is 3.46. The van der Waals surface area contributed by atoms with Crippen LogP contribution in [0.1, 0.15) is 35.3 Å². The highest BCUT2D eigenvalue weighted by atomic mass is 32.1. The predicted molar refractivity (Wildman–Crippen MR) is 69.4 cm³/mol. The lowest BCUT2D eigenvalue weighted by atomic mass is 10.3. The first kappa shape index (κ1) is 14.5. The van der Waals surface area contributed by atoms with Gasteiger partial charge in [-0.25, -0.2) is 4.79 Å². The summed E-state index contributed by atoms with van der Waals surface area (Å²) in [7, 11) is 0. The van der Waals surface area contributed by atoms with Gasteiger partial charge in [0.05, 0.1) is 0 Å². The summed E-state index contributed by atoms with van der Waals surface area (Å²) in [5.41, 5.74) is 0. The maximum Gasteiger partial charge on any atom is 0.349 e. The smallest absolute Gasteiger partial charge is 0.349 e. The van der Waals surface area contributed by atoms with Crippen molar-refractivity contribution in [3.05, 3.63) is 15.8 Å². The fraction of sp³-hybridized carbons (Fsp3) is 0.500. The van der Waals surface area contributed by atoms with Crippen molar-refractivity contribution in [2.24, 2.45) is 0 Å². The summed E-state index contributed by atoms with van der Waals surface area (Å²) in [5, 5.41) is 11.7. The molecule has 1 aromatic rings. The molecule has 18 heavy (non-hydrogen) atoms. The second kappa shape index (κ2) is 6.39. The molecule has 1 rings (SSSR count). The van der Waals surface area contributed by atoms with Gasteiger partial charge in [-0.3, -0.25) is 4.79 Å². The minimum absolute atomic E-state index is 0.142. The lowest BCUT2D eigenvalue weighted by Crippen LogP contribution is -2.36. The molecule has 0 saturated heterocycles. The minimum Gasteiger partial charge on any atom is -0.479 e. The Balaban J connectivity index is 2.85. The molecule has 1 aromatic heterocycles. The summed E-state index contributed by atoms with van der Waals surface area (Å²) in [6, 6.07) is 1.68. The lowest BCUT2D eigenvalue weighted by molar-refractivity contribution is -0.127. The molecule has 2 N–H and O–H groups in total. The number of aromatic carboxylic acids is 1. The van der Waals surface area contributed by atoms with Gasteiger partial charge in [0.1, 0.15) is 5.75 Å². The Morgan fingerprint density at radius 2 is 2.17 bits per heavy atom. The van der Waals surface area contributed by atoms with E-state index in [1.54, 1.807) is 13.0 Å². The number of carbonyl (C=O) groups is 2.